The van der Waals surface area contributed by atoms with Gasteiger partial charge in [0, 0.05) is 6.54 Å². The number of hydrogen-bond donors (Lipinski definition) is 4. The van der Waals surface area contributed by atoms with Crippen LogP contribution in [0.3, 0.4) is 0 Å². The van der Waals surface area contributed by atoms with Crippen LogP contribution in [0.5, 0.6) is 0 Å². The van der Waals surface area contributed by atoms with Gasteiger partial charge in [0.25, 0.3) is 10.1 Å². The van der Waals surface area contributed by atoms with Gasteiger partial charge in [0.2, 0.25) is 0 Å². The molecule has 7 heteroatoms. The molecule has 1 aliphatic carbocycles. The molecule has 0 saturated heterocycles. The average molecular weight is 442 g/mol. The molecule has 3 atom stereocenters. The van der Waals surface area contributed by atoms with Crippen LogP contribution in [0.4, 0.5) is 0 Å². The maximum absolute atomic E-state index is 10.2. The van der Waals surface area contributed by atoms with Gasteiger partial charge in [-0.15, -0.1) is 0 Å². The van der Waals surface area contributed by atoms with Crippen LogP contribution in [0.25, 0.3) is 32.3 Å². The van der Waals surface area contributed by atoms with Crippen molar-refractivity contribution in [3.05, 3.63) is 60.2 Å². The van der Waals surface area contributed by atoms with Crippen molar-refractivity contribution >= 4 is 42.4 Å². The van der Waals surface area contributed by atoms with E-state index in [0.29, 0.717) is 12.8 Å². The highest BCUT2D eigenvalue weighted by Gasteiger charge is 2.30. The van der Waals surface area contributed by atoms with Gasteiger partial charge in [-0.2, -0.15) is 8.42 Å². The molecule has 0 spiro atoms. The summed E-state index contributed by atoms with van der Waals surface area (Å²) in [6.07, 6.45) is 2.17. The molecule has 4 aromatic carbocycles. The Bertz CT molecular complexity index is 1270. The maximum Gasteiger partial charge on any atom is 0.261 e. The molecule has 0 bridgehead atoms. The Balaban J connectivity index is 0.000000418. The van der Waals surface area contributed by atoms with E-state index in [1.807, 2.05) is 0 Å². The highest BCUT2D eigenvalue weighted by atomic mass is 32.2. The monoisotopic (exact) mass is 441 g/mol. The third-order valence-electron chi connectivity index (χ3n) is 5.98. The second-order valence-electron chi connectivity index (χ2n) is 8.29. The minimum Gasteiger partial charge on any atom is -0.391 e. The minimum absolute atomic E-state index is 0.248. The molecule has 31 heavy (non-hydrogen) atoms. The fourth-order valence-corrected chi connectivity index (χ4v) is 4.60. The summed E-state index contributed by atoms with van der Waals surface area (Å²) >= 11 is 0. The lowest BCUT2D eigenvalue weighted by atomic mass is 9.89. The molecule has 0 amide bonds. The summed E-state index contributed by atoms with van der Waals surface area (Å²) in [5.41, 5.74) is 1.21. The Morgan fingerprint density at radius 3 is 2.00 bits per heavy atom. The molecule has 1 aliphatic rings. The molecular weight excluding hydrogens is 414 g/mol. The topological polar surface area (TPSA) is 107 Å². The van der Waals surface area contributed by atoms with Crippen LogP contribution in [-0.2, 0) is 16.7 Å². The van der Waals surface area contributed by atoms with Crippen molar-refractivity contribution in [1.29, 1.82) is 0 Å². The van der Waals surface area contributed by atoms with Crippen LogP contribution in [0.15, 0.2) is 54.6 Å². The van der Waals surface area contributed by atoms with E-state index in [0.717, 1.165) is 19.3 Å². The second-order valence-corrected chi connectivity index (χ2v) is 9.75. The van der Waals surface area contributed by atoms with Crippen molar-refractivity contribution in [3.8, 4) is 0 Å². The van der Waals surface area contributed by atoms with Crippen LogP contribution in [-0.4, -0.2) is 47.7 Å². The third kappa shape index (κ3) is 4.81. The molecule has 0 radical (unpaired) electrons. The van der Waals surface area contributed by atoms with Gasteiger partial charge in [-0.25, -0.2) is 0 Å². The van der Waals surface area contributed by atoms with E-state index in [2.05, 4.69) is 59.9 Å². The SMILES string of the molecule is CS(=O)(=O)O.O[C@@H]1CCC[C@H](O)C1NCc1ccc2ccc3cccc4ccc1c2c34. The Morgan fingerprint density at radius 2 is 1.39 bits per heavy atom. The molecule has 164 valence electrons. The summed E-state index contributed by atoms with van der Waals surface area (Å²) in [4.78, 5) is 0. The lowest BCUT2D eigenvalue weighted by Crippen LogP contribution is -2.50. The van der Waals surface area contributed by atoms with Crippen molar-refractivity contribution in [2.75, 3.05) is 6.26 Å². The minimum atomic E-state index is -3.67. The van der Waals surface area contributed by atoms with Crippen molar-refractivity contribution in [1.82, 2.24) is 5.32 Å². The van der Waals surface area contributed by atoms with Gasteiger partial charge in [0.1, 0.15) is 0 Å². The number of benzene rings is 4. The summed E-state index contributed by atoms with van der Waals surface area (Å²) in [5.74, 6) is 0. The fraction of sp³-hybridized carbons (Fsp3) is 0.333. The molecule has 6 nitrogen and oxygen atoms in total. The standard InChI is InChI=1S/C23H23NO2.CH4O3S/c25-19-5-2-6-20(26)23(19)24-13-17-10-9-16-8-7-14-3-1-4-15-11-12-18(17)22(16)21(14)15;1-5(2,3)4/h1,3-4,7-12,19-20,23-26H,2,5-6,13H2;1H3,(H,2,3,4)/t19-,20+,23?;. The zero-order chi connectivity index (χ0) is 22.2. The fourth-order valence-electron chi connectivity index (χ4n) is 4.60. The second kappa shape index (κ2) is 8.68. The number of nitrogens with one attached hydrogen (secondary N) is 1. The quantitative estimate of drug-likeness (QED) is 0.287. The van der Waals surface area contributed by atoms with Crippen LogP contribution >= 0.6 is 0 Å². The molecule has 1 saturated carbocycles. The van der Waals surface area contributed by atoms with Gasteiger partial charge in [0.15, 0.2) is 0 Å². The lowest BCUT2D eigenvalue weighted by Gasteiger charge is -2.33. The molecule has 0 aromatic heterocycles. The van der Waals surface area contributed by atoms with E-state index in [-0.39, 0.29) is 6.04 Å². The lowest BCUT2D eigenvalue weighted by molar-refractivity contribution is 0.000911. The van der Waals surface area contributed by atoms with Crippen molar-refractivity contribution in [2.24, 2.45) is 0 Å². The van der Waals surface area contributed by atoms with E-state index in [1.165, 1.54) is 37.9 Å². The Hall–Kier alpha value is -2.29. The Morgan fingerprint density at radius 1 is 0.871 bits per heavy atom. The summed E-state index contributed by atoms with van der Waals surface area (Å²) < 4.78 is 25.9. The maximum atomic E-state index is 10.2. The van der Waals surface area contributed by atoms with Gasteiger partial charge in [0.05, 0.1) is 24.5 Å². The van der Waals surface area contributed by atoms with Crippen LogP contribution in [0.1, 0.15) is 24.8 Å². The number of aliphatic hydroxyl groups is 2. The molecular formula is C24H27NO5S. The first-order valence-electron chi connectivity index (χ1n) is 10.4. The number of aliphatic hydroxyl groups excluding tert-OH is 2. The first-order valence-corrected chi connectivity index (χ1v) is 12.2. The predicted octanol–water partition coefficient (Wildman–Crippen LogP) is 3.45. The van der Waals surface area contributed by atoms with Gasteiger partial charge >= 0.3 is 0 Å². The third-order valence-corrected chi connectivity index (χ3v) is 5.98. The van der Waals surface area contributed by atoms with Crippen molar-refractivity contribution in [2.45, 2.75) is 44.1 Å². The van der Waals surface area contributed by atoms with Gasteiger partial charge < -0.3 is 15.5 Å². The zero-order valence-corrected chi connectivity index (χ0v) is 18.1. The van der Waals surface area contributed by atoms with Crippen LogP contribution in [0, 0.1) is 0 Å². The van der Waals surface area contributed by atoms with Crippen LogP contribution < -0.4 is 5.32 Å². The smallest absolute Gasteiger partial charge is 0.261 e. The molecule has 5 rings (SSSR count). The summed E-state index contributed by atoms with van der Waals surface area (Å²) in [5, 5.41) is 31.5. The Labute approximate surface area is 181 Å². The van der Waals surface area contributed by atoms with E-state index in [4.69, 9.17) is 4.55 Å². The summed E-state index contributed by atoms with van der Waals surface area (Å²) in [6.45, 7) is 0.646. The number of hydrogen-bond acceptors (Lipinski definition) is 5. The van der Waals surface area contributed by atoms with E-state index >= 15 is 0 Å². The van der Waals surface area contributed by atoms with E-state index < -0.39 is 22.3 Å². The number of rotatable bonds is 3. The van der Waals surface area contributed by atoms with Crippen LogP contribution in [0.2, 0.25) is 0 Å². The first-order chi connectivity index (χ1) is 14.7. The van der Waals surface area contributed by atoms with E-state index in [1.54, 1.807) is 0 Å². The molecule has 1 unspecified atom stereocenters. The molecule has 1 fully saturated rings. The first kappa shape index (κ1) is 21.9. The van der Waals surface area contributed by atoms with Gasteiger partial charge in [-0.05, 0) is 57.1 Å². The van der Waals surface area contributed by atoms with Crippen molar-refractivity contribution < 1.29 is 23.2 Å². The van der Waals surface area contributed by atoms with Crippen molar-refractivity contribution in [3.63, 3.8) is 0 Å². The molecule has 4 N–H and O–H groups in total. The van der Waals surface area contributed by atoms with Gasteiger partial charge in [-0.3, -0.25) is 4.55 Å². The summed E-state index contributed by atoms with van der Waals surface area (Å²) in [7, 11) is -3.67. The summed E-state index contributed by atoms with van der Waals surface area (Å²) in [6, 6.07) is 19.3. The Kier molecular flexibility index (Phi) is 6.14. The molecule has 0 heterocycles. The largest absolute Gasteiger partial charge is 0.391 e. The highest BCUT2D eigenvalue weighted by Crippen LogP contribution is 2.36. The normalized spacial score (nSPS) is 22.0. The highest BCUT2D eigenvalue weighted by molar-refractivity contribution is 7.85. The van der Waals surface area contributed by atoms with E-state index in [9.17, 15) is 18.6 Å². The molecule has 4 aromatic rings. The molecule has 0 aliphatic heterocycles. The zero-order valence-electron chi connectivity index (χ0n) is 17.3. The average Bonchev–Trinajstić information content (AvgIpc) is 2.71. The predicted molar refractivity (Wildman–Crippen MR) is 124 cm³/mol. The van der Waals surface area contributed by atoms with Gasteiger partial charge in [-0.1, -0.05) is 54.6 Å².